The Morgan fingerprint density at radius 2 is 2.40 bits per heavy atom. The molecule has 88 valence electrons. The lowest BCUT2D eigenvalue weighted by Crippen LogP contribution is -2.47. The van der Waals surface area contributed by atoms with Gasteiger partial charge in [0.25, 0.3) is 0 Å². The molecule has 1 heterocycles. The van der Waals surface area contributed by atoms with Crippen molar-refractivity contribution in [3.8, 4) is 0 Å². The molecule has 4 heteroatoms. The van der Waals surface area contributed by atoms with Crippen molar-refractivity contribution in [2.45, 2.75) is 38.8 Å². The zero-order valence-electron chi connectivity index (χ0n) is 9.79. The highest BCUT2D eigenvalue weighted by atomic mass is 16.5. The van der Waals surface area contributed by atoms with Crippen LogP contribution in [0.3, 0.4) is 0 Å². The summed E-state index contributed by atoms with van der Waals surface area (Å²) in [4.78, 5) is 11.6. The van der Waals surface area contributed by atoms with E-state index in [9.17, 15) is 4.79 Å². The van der Waals surface area contributed by atoms with E-state index in [2.05, 4.69) is 19.2 Å². The van der Waals surface area contributed by atoms with E-state index in [4.69, 9.17) is 9.47 Å². The van der Waals surface area contributed by atoms with Crippen molar-refractivity contribution < 1.29 is 14.3 Å². The second kappa shape index (κ2) is 6.08. The van der Waals surface area contributed by atoms with Crippen molar-refractivity contribution in [1.82, 2.24) is 5.32 Å². The van der Waals surface area contributed by atoms with Gasteiger partial charge in [-0.3, -0.25) is 10.1 Å². The number of esters is 1. The lowest BCUT2D eigenvalue weighted by atomic mass is 9.98. The molecule has 3 atom stereocenters. The lowest BCUT2D eigenvalue weighted by molar-refractivity contribution is -0.144. The number of hydrogen-bond donors (Lipinski definition) is 1. The van der Waals surface area contributed by atoms with E-state index < -0.39 is 0 Å². The largest absolute Gasteiger partial charge is 0.468 e. The van der Waals surface area contributed by atoms with E-state index in [1.165, 1.54) is 7.11 Å². The minimum atomic E-state index is -0.202. The maximum atomic E-state index is 11.6. The van der Waals surface area contributed by atoms with Gasteiger partial charge in [-0.2, -0.15) is 0 Å². The van der Waals surface area contributed by atoms with Gasteiger partial charge < -0.3 is 9.47 Å². The Labute approximate surface area is 91.3 Å². The van der Waals surface area contributed by atoms with Crippen LogP contribution in [0.1, 0.15) is 26.7 Å². The average Bonchev–Trinajstić information content (AvgIpc) is 2.76. The van der Waals surface area contributed by atoms with Crippen LogP contribution < -0.4 is 5.32 Å². The molecule has 0 bridgehead atoms. The van der Waals surface area contributed by atoms with Crippen molar-refractivity contribution in [2.24, 2.45) is 5.92 Å². The quantitative estimate of drug-likeness (QED) is 0.694. The molecule has 4 nitrogen and oxygen atoms in total. The van der Waals surface area contributed by atoms with Crippen LogP contribution in [0, 0.1) is 5.92 Å². The Morgan fingerprint density at radius 1 is 1.67 bits per heavy atom. The van der Waals surface area contributed by atoms with Crippen LogP contribution in [-0.4, -0.2) is 38.4 Å². The predicted molar refractivity (Wildman–Crippen MR) is 57.6 cm³/mol. The van der Waals surface area contributed by atoms with Crippen molar-refractivity contribution >= 4 is 5.97 Å². The molecule has 1 aliphatic heterocycles. The first kappa shape index (κ1) is 12.5. The molecule has 0 spiro atoms. The average molecular weight is 215 g/mol. The molecular formula is C11H21NO3. The Hall–Kier alpha value is -0.610. The second-order valence-corrected chi connectivity index (χ2v) is 4.11. The van der Waals surface area contributed by atoms with Crippen LogP contribution >= 0.6 is 0 Å². The highest BCUT2D eigenvalue weighted by Crippen LogP contribution is 2.13. The zero-order valence-corrected chi connectivity index (χ0v) is 9.79. The lowest BCUT2D eigenvalue weighted by Gasteiger charge is -2.24. The molecule has 1 fully saturated rings. The van der Waals surface area contributed by atoms with Crippen LogP contribution in [0.4, 0.5) is 0 Å². The summed E-state index contributed by atoms with van der Waals surface area (Å²) < 4.78 is 10.1. The third kappa shape index (κ3) is 3.47. The summed E-state index contributed by atoms with van der Waals surface area (Å²) in [5.74, 6) is 0.120. The fourth-order valence-corrected chi connectivity index (χ4v) is 1.75. The summed E-state index contributed by atoms with van der Waals surface area (Å²) in [5, 5.41) is 3.32. The number of carbonyl (C=O) groups is 1. The summed E-state index contributed by atoms with van der Waals surface area (Å²) in [5.41, 5.74) is 0. The van der Waals surface area contributed by atoms with Crippen molar-refractivity contribution in [3.63, 3.8) is 0 Å². The minimum absolute atomic E-state index is 0.170. The van der Waals surface area contributed by atoms with E-state index in [1.807, 2.05) is 0 Å². The number of ether oxygens (including phenoxy) is 2. The molecule has 1 rings (SSSR count). The van der Waals surface area contributed by atoms with Gasteiger partial charge in [-0.1, -0.05) is 20.3 Å². The van der Waals surface area contributed by atoms with Gasteiger partial charge in [0.15, 0.2) is 0 Å². The highest BCUT2D eigenvalue weighted by molar-refractivity contribution is 5.76. The molecule has 1 saturated heterocycles. The van der Waals surface area contributed by atoms with E-state index in [0.29, 0.717) is 12.6 Å². The number of rotatable bonds is 5. The maximum Gasteiger partial charge on any atom is 0.323 e. The Bertz CT molecular complexity index is 202. The number of carbonyl (C=O) groups excluding carboxylic acids is 1. The van der Waals surface area contributed by atoms with Crippen molar-refractivity contribution in [3.05, 3.63) is 0 Å². The molecule has 3 unspecified atom stereocenters. The Balaban J connectivity index is 2.51. The summed E-state index contributed by atoms with van der Waals surface area (Å²) in [6.07, 6.45) is 1.93. The van der Waals surface area contributed by atoms with Gasteiger partial charge in [-0.25, -0.2) is 0 Å². The summed E-state index contributed by atoms with van der Waals surface area (Å²) >= 11 is 0. The highest BCUT2D eigenvalue weighted by Gasteiger charge is 2.28. The first-order chi connectivity index (χ1) is 7.19. The third-order valence-electron chi connectivity index (χ3n) is 3.01. The SMILES string of the molecule is CCC(C)C(NC1CCOC1)C(=O)OC. The van der Waals surface area contributed by atoms with Gasteiger partial charge in [0.2, 0.25) is 0 Å². The summed E-state index contributed by atoms with van der Waals surface area (Å²) in [6.45, 7) is 5.62. The van der Waals surface area contributed by atoms with E-state index >= 15 is 0 Å². The van der Waals surface area contributed by atoms with Gasteiger partial charge >= 0.3 is 5.97 Å². The molecule has 1 aliphatic rings. The van der Waals surface area contributed by atoms with Crippen LogP contribution in [0.2, 0.25) is 0 Å². The van der Waals surface area contributed by atoms with Crippen LogP contribution in [-0.2, 0) is 14.3 Å². The Kier molecular flexibility index (Phi) is 5.05. The molecule has 0 aromatic rings. The second-order valence-electron chi connectivity index (χ2n) is 4.11. The molecular weight excluding hydrogens is 194 g/mol. The number of hydrogen-bond acceptors (Lipinski definition) is 4. The molecule has 0 aromatic carbocycles. The number of methoxy groups -OCH3 is 1. The van der Waals surface area contributed by atoms with Crippen LogP contribution in [0.5, 0.6) is 0 Å². The van der Waals surface area contributed by atoms with Gasteiger partial charge in [0.05, 0.1) is 13.7 Å². The van der Waals surface area contributed by atoms with Crippen LogP contribution in [0.25, 0.3) is 0 Å². The molecule has 0 amide bonds. The smallest absolute Gasteiger partial charge is 0.323 e. The van der Waals surface area contributed by atoms with E-state index in [0.717, 1.165) is 19.4 Å². The third-order valence-corrected chi connectivity index (χ3v) is 3.01. The Morgan fingerprint density at radius 3 is 2.87 bits per heavy atom. The standard InChI is InChI=1S/C11H21NO3/c1-4-8(2)10(11(13)14-3)12-9-5-6-15-7-9/h8-10,12H,4-7H2,1-3H3. The van der Waals surface area contributed by atoms with Crippen molar-refractivity contribution in [2.75, 3.05) is 20.3 Å². The normalized spacial score (nSPS) is 24.9. The molecule has 0 saturated carbocycles. The summed E-state index contributed by atoms with van der Waals surface area (Å²) in [6, 6.07) is 0.0924. The van der Waals surface area contributed by atoms with Gasteiger partial charge in [-0.05, 0) is 12.3 Å². The monoisotopic (exact) mass is 215 g/mol. The molecule has 0 radical (unpaired) electrons. The maximum absolute atomic E-state index is 11.6. The predicted octanol–water partition coefficient (Wildman–Crippen LogP) is 0.953. The van der Waals surface area contributed by atoms with Gasteiger partial charge in [0.1, 0.15) is 6.04 Å². The van der Waals surface area contributed by atoms with E-state index in [1.54, 1.807) is 0 Å². The molecule has 15 heavy (non-hydrogen) atoms. The molecule has 1 N–H and O–H groups in total. The first-order valence-corrected chi connectivity index (χ1v) is 5.60. The fraction of sp³-hybridized carbons (Fsp3) is 0.909. The zero-order chi connectivity index (χ0) is 11.3. The minimum Gasteiger partial charge on any atom is -0.468 e. The first-order valence-electron chi connectivity index (χ1n) is 5.60. The molecule has 0 aromatic heterocycles. The van der Waals surface area contributed by atoms with Gasteiger partial charge in [-0.15, -0.1) is 0 Å². The van der Waals surface area contributed by atoms with Gasteiger partial charge in [0, 0.05) is 12.6 Å². The topological polar surface area (TPSA) is 47.6 Å². The summed E-state index contributed by atoms with van der Waals surface area (Å²) in [7, 11) is 1.44. The fourth-order valence-electron chi connectivity index (χ4n) is 1.75. The van der Waals surface area contributed by atoms with Crippen molar-refractivity contribution in [1.29, 1.82) is 0 Å². The number of nitrogens with one attached hydrogen (secondary N) is 1. The van der Waals surface area contributed by atoms with E-state index in [-0.39, 0.29) is 17.9 Å². The van der Waals surface area contributed by atoms with Crippen LogP contribution in [0.15, 0.2) is 0 Å². The molecule has 0 aliphatic carbocycles.